The standard InChI is InChI=1S/C18H24N4O2S/c1-4-14(21(2)3)16-19-20-18(25-15-10-11-24-17(15)23)22(16)12-13-8-6-5-7-9-13/h5-9,14-15H,4,10-12H2,1-3H3/t14-,15-/m0/s1. The quantitative estimate of drug-likeness (QED) is 0.708. The highest BCUT2D eigenvalue weighted by Gasteiger charge is 2.31. The number of nitrogens with zero attached hydrogens (tertiary/aromatic N) is 4. The molecule has 134 valence electrons. The van der Waals surface area contributed by atoms with Gasteiger partial charge in [0.2, 0.25) is 0 Å². The predicted molar refractivity (Wildman–Crippen MR) is 97.5 cm³/mol. The molecular formula is C18H24N4O2S. The van der Waals surface area contributed by atoms with Gasteiger partial charge in [0.25, 0.3) is 0 Å². The van der Waals surface area contributed by atoms with Crippen LogP contribution in [0.4, 0.5) is 0 Å². The van der Waals surface area contributed by atoms with Gasteiger partial charge in [-0.25, -0.2) is 0 Å². The molecule has 7 heteroatoms. The summed E-state index contributed by atoms with van der Waals surface area (Å²) in [7, 11) is 4.10. The molecule has 2 aromatic rings. The zero-order chi connectivity index (χ0) is 17.8. The number of benzene rings is 1. The van der Waals surface area contributed by atoms with Crippen LogP contribution in [-0.4, -0.2) is 51.6 Å². The normalized spacial score (nSPS) is 18.6. The molecule has 1 aromatic heterocycles. The van der Waals surface area contributed by atoms with Crippen LogP contribution >= 0.6 is 11.8 Å². The molecule has 0 N–H and O–H groups in total. The van der Waals surface area contributed by atoms with Gasteiger partial charge >= 0.3 is 5.97 Å². The molecule has 1 aromatic carbocycles. The monoisotopic (exact) mass is 360 g/mol. The Labute approximate surface area is 152 Å². The second-order valence-electron chi connectivity index (χ2n) is 6.36. The van der Waals surface area contributed by atoms with Gasteiger partial charge in [0.15, 0.2) is 11.0 Å². The molecule has 1 fully saturated rings. The van der Waals surface area contributed by atoms with E-state index in [9.17, 15) is 4.79 Å². The predicted octanol–water partition coefficient (Wildman–Crippen LogP) is 2.75. The number of hydrogen-bond acceptors (Lipinski definition) is 6. The zero-order valence-corrected chi connectivity index (χ0v) is 15.7. The maximum atomic E-state index is 11.8. The summed E-state index contributed by atoms with van der Waals surface area (Å²) < 4.78 is 7.22. The summed E-state index contributed by atoms with van der Waals surface area (Å²) in [5.41, 5.74) is 1.19. The highest BCUT2D eigenvalue weighted by molar-refractivity contribution is 8.00. The van der Waals surface area contributed by atoms with Crippen molar-refractivity contribution < 1.29 is 9.53 Å². The number of carbonyl (C=O) groups excluding carboxylic acids is 1. The Hall–Kier alpha value is -1.86. The van der Waals surface area contributed by atoms with Crippen LogP contribution in [0.1, 0.15) is 37.2 Å². The summed E-state index contributed by atoms with van der Waals surface area (Å²) in [6.07, 6.45) is 1.66. The van der Waals surface area contributed by atoms with Crippen LogP contribution in [0.5, 0.6) is 0 Å². The number of thioether (sulfide) groups is 1. The van der Waals surface area contributed by atoms with E-state index in [0.717, 1.165) is 23.8 Å². The van der Waals surface area contributed by atoms with Crippen molar-refractivity contribution in [2.45, 2.75) is 42.8 Å². The number of aromatic nitrogens is 3. The molecule has 0 saturated carbocycles. The summed E-state index contributed by atoms with van der Waals surface area (Å²) in [6, 6.07) is 10.4. The van der Waals surface area contributed by atoms with Crippen molar-refractivity contribution in [3.63, 3.8) is 0 Å². The number of carbonyl (C=O) groups is 1. The molecule has 0 radical (unpaired) electrons. The van der Waals surface area contributed by atoms with Crippen molar-refractivity contribution in [2.75, 3.05) is 20.7 Å². The van der Waals surface area contributed by atoms with Crippen molar-refractivity contribution in [1.82, 2.24) is 19.7 Å². The SMILES string of the molecule is CC[C@@H](c1nnc(S[C@H]2CCOC2=O)n1Cc1ccccc1)N(C)C. The molecule has 3 rings (SSSR count). The van der Waals surface area contributed by atoms with Crippen LogP contribution in [0.15, 0.2) is 35.5 Å². The minimum atomic E-state index is -0.189. The van der Waals surface area contributed by atoms with Crippen LogP contribution in [0.25, 0.3) is 0 Å². The number of cyclic esters (lactones) is 1. The number of rotatable bonds is 7. The van der Waals surface area contributed by atoms with Gasteiger partial charge in [0.1, 0.15) is 5.25 Å². The first-order chi connectivity index (χ1) is 12.1. The lowest BCUT2D eigenvalue weighted by atomic mass is 10.2. The molecule has 25 heavy (non-hydrogen) atoms. The molecule has 1 aliphatic heterocycles. The maximum absolute atomic E-state index is 11.8. The molecule has 2 atom stereocenters. The second kappa shape index (κ2) is 8.01. The molecule has 0 spiro atoms. The molecular weight excluding hydrogens is 336 g/mol. The van der Waals surface area contributed by atoms with Crippen LogP contribution in [0, 0.1) is 0 Å². The van der Waals surface area contributed by atoms with E-state index < -0.39 is 0 Å². The van der Waals surface area contributed by atoms with Gasteiger partial charge in [-0.3, -0.25) is 9.69 Å². The number of ether oxygens (including phenoxy) is 1. The van der Waals surface area contributed by atoms with Crippen LogP contribution in [-0.2, 0) is 16.1 Å². The van der Waals surface area contributed by atoms with Gasteiger partial charge in [-0.15, -0.1) is 10.2 Å². The van der Waals surface area contributed by atoms with Gasteiger partial charge in [0, 0.05) is 6.42 Å². The van der Waals surface area contributed by atoms with E-state index >= 15 is 0 Å². The first kappa shape index (κ1) is 17.9. The maximum Gasteiger partial charge on any atom is 0.319 e. The van der Waals surface area contributed by atoms with Gasteiger partial charge < -0.3 is 9.30 Å². The first-order valence-electron chi connectivity index (χ1n) is 8.57. The van der Waals surface area contributed by atoms with Crippen molar-refractivity contribution in [1.29, 1.82) is 0 Å². The fourth-order valence-corrected chi connectivity index (χ4v) is 4.04. The highest BCUT2D eigenvalue weighted by Crippen LogP contribution is 2.31. The lowest BCUT2D eigenvalue weighted by molar-refractivity contribution is -0.137. The number of esters is 1. The third kappa shape index (κ3) is 4.04. The minimum Gasteiger partial charge on any atom is -0.465 e. The Morgan fingerprint density at radius 2 is 2.08 bits per heavy atom. The Morgan fingerprint density at radius 3 is 2.68 bits per heavy atom. The smallest absolute Gasteiger partial charge is 0.319 e. The van der Waals surface area contributed by atoms with Gasteiger partial charge in [-0.05, 0) is 26.1 Å². The van der Waals surface area contributed by atoms with Gasteiger partial charge in [-0.1, -0.05) is 49.0 Å². The Balaban J connectivity index is 1.93. The average molecular weight is 360 g/mol. The largest absolute Gasteiger partial charge is 0.465 e. The summed E-state index contributed by atoms with van der Waals surface area (Å²) >= 11 is 1.46. The highest BCUT2D eigenvalue weighted by atomic mass is 32.2. The third-order valence-electron chi connectivity index (χ3n) is 4.37. The lowest BCUT2D eigenvalue weighted by Crippen LogP contribution is -2.23. The molecule has 2 heterocycles. The van der Waals surface area contributed by atoms with E-state index in [1.54, 1.807) is 0 Å². The first-order valence-corrected chi connectivity index (χ1v) is 9.44. The summed E-state index contributed by atoms with van der Waals surface area (Å²) in [5, 5.41) is 9.46. The van der Waals surface area contributed by atoms with Crippen molar-refractivity contribution in [3.05, 3.63) is 41.7 Å². The fraction of sp³-hybridized carbons (Fsp3) is 0.500. The van der Waals surface area contributed by atoms with Gasteiger partial charge in [-0.2, -0.15) is 0 Å². The van der Waals surface area contributed by atoms with E-state index in [-0.39, 0.29) is 17.3 Å². The van der Waals surface area contributed by atoms with Crippen LogP contribution in [0.3, 0.4) is 0 Å². The average Bonchev–Trinajstić information content (AvgIpc) is 3.17. The van der Waals surface area contributed by atoms with Crippen molar-refractivity contribution in [3.8, 4) is 0 Å². The molecule has 0 amide bonds. The van der Waals surface area contributed by atoms with Crippen molar-refractivity contribution in [2.24, 2.45) is 0 Å². The van der Waals surface area contributed by atoms with Gasteiger partial charge in [0.05, 0.1) is 19.2 Å². The minimum absolute atomic E-state index is 0.152. The van der Waals surface area contributed by atoms with E-state index in [1.165, 1.54) is 17.3 Å². The van der Waals surface area contributed by atoms with Crippen LogP contribution in [0.2, 0.25) is 0 Å². The van der Waals surface area contributed by atoms with Crippen molar-refractivity contribution >= 4 is 17.7 Å². The summed E-state index contributed by atoms with van der Waals surface area (Å²) in [6.45, 7) is 3.33. The molecule has 0 bridgehead atoms. The number of hydrogen-bond donors (Lipinski definition) is 0. The molecule has 1 saturated heterocycles. The molecule has 0 aliphatic carbocycles. The van der Waals surface area contributed by atoms with E-state index in [1.807, 2.05) is 18.2 Å². The Morgan fingerprint density at radius 1 is 1.32 bits per heavy atom. The molecule has 0 unspecified atom stereocenters. The lowest BCUT2D eigenvalue weighted by Gasteiger charge is -2.23. The Bertz CT molecular complexity index is 717. The topological polar surface area (TPSA) is 60.3 Å². The fourth-order valence-electron chi connectivity index (χ4n) is 3.04. The zero-order valence-electron chi connectivity index (χ0n) is 14.9. The van der Waals surface area contributed by atoms with E-state index in [2.05, 4.69) is 52.8 Å². The third-order valence-corrected chi connectivity index (χ3v) is 5.60. The Kier molecular flexibility index (Phi) is 5.75. The summed E-state index contributed by atoms with van der Waals surface area (Å²) in [4.78, 5) is 14.0. The van der Waals surface area contributed by atoms with Crippen LogP contribution < -0.4 is 0 Å². The summed E-state index contributed by atoms with van der Waals surface area (Å²) in [5.74, 6) is 0.783. The molecule has 6 nitrogen and oxygen atoms in total. The van der Waals surface area contributed by atoms with E-state index in [4.69, 9.17) is 4.74 Å². The van der Waals surface area contributed by atoms with E-state index in [0.29, 0.717) is 13.2 Å². The molecule has 1 aliphatic rings. The second-order valence-corrected chi connectivity index (χ2v) is 7.53.